The molecule has 0 aromatic heterocycles. The average Bonchev–Trinajstić information content (AvgIpc) is 3.45. The molecule has 0 saturated carbocycles. The summed E-state index contributed by atoms with van der Waals surface area (Å²) in [4.78, 5) is 96.5. The predicted octanol–water partition coefficient (Wildman–Crippen LogP) is 11.4. The van der Waals surface area contributed by atoms with Gasteiger partial charge in [-0.25, -0.2) is 0 Å². The van der Waals surface area contributed by atoms with Crippen LogP contribution in [0.25, 0.3) is 0 Å². The van der Waals surface area contributed by atoms with Crippen molar-refractivity contribution in [2.75, 3.05) is 0 Å². The van der Waals surface area contributed by atoms with Gasteiger partial charge in [0.2, 0.25) is 23.6 Å². The van der Waals surface area contributed by atoms with Crippen molar-refractivity contribution in [3.8, 4) is 0 Å². The lowest BCUT2D eigenvalue weighted by atomic mass is 9.80. The first-order valence-electron chi connectivity index (χ1n) is 22.6. The maximum atomic E-state index is 12.1. The fourth-order valence-corrected chi connectivity index (χ4v) is 10.6. The van der Waals surface area contributed by atoms with Crippen molar-refractivity contribution >= 4 is 82.4 Å². The molecule has 2 heterocycles. The molecule has 12 nitrogen and oxygen atoms in total. The van der Waals surface area contributed by atoms with Crippen LogP contribution in [0.4, 0.5) is 0 Å². The molecule has 2 fully saturated rings. The molecule has 2 aliphatic rings. The molecule has 0 spiro atoms. The van der Waals surface area contributed by atoms with E-state index in [2.05, 4.69) is 20.8 Å². The third-order valence-corrected chi connectivity index (χ3v) is 13.1. The number of hydrogen-bond acceptors (Lipinski definition) is 11. The number of hydrogen-bond donors (Lipinski definition) is 2. The van der Waals surface area contributed by atoms with Crippen LogP contribution in [0.15, 0.2) is 0 Å². The second-order valence-corrected chi connectivity index (χ2v) is 31.7. The Morgan fingerprint density at radius 1 is 0.538 bits per heavy atom. The van der Waals surface area contributed by atoms with Crippen LogP contribution in [0, 0.1) is 22.2 Å². The minimum Gasteiger partial charge on any atom is -0.481 e. The number of thioether (sulfide) groups is 3. The van der Waals surface area contributed by atoms with E-state index in [9.17, 15) is 38.4 Å². The summed E-state index contributed by atoms with van der Waals surface area (Å²) in [6, 6.07) is 0. The van der Waals surface area contributed by atoms with Crippen molar-refractivity contribution in [2.24, 2.45) is 22.2 Å². The van der Waals surface area contributed by atoms with E-state index in [-0.39, 0.29) is 89.7 Å². The Bertz CT molecular complexity index is 1670. The molecule has 4 unspecified atom stereocenters. The third-order valence-electron chi connectivity index (χ3n) is 8.97. The highest BCUT2D eigenvalue weighted by Gasteiger charge is 2.48. The maximum Gasteiger partial charge on any atom is 0.317 e. The summed E-state index contributed by atoms with van der Waals surface area (Å²) in [5.41, 5.74) is -1.10. The molecule has 65 heavy (non-hydrogen) atoms. The Hall–Kier alpha value is -2.39. The number of likely N-dealkylation sites (tertiary alicyclic amines) is 2. The summed E-state index contributed by atoms with van der Waals surface area (Å²) in [5.74, 6) is -2.02. The van der Waals surface area contributed by atoms with Gasteiger partial charge in [0.1, 0.15) is 16.8 Å². The Kier molecular flexibility index (Phi) is 24.1. The van der Waals surface area contributed by atoms with E-state index >= 15 is 0 Å². The second kappa shape index (κ2) is 24.2. The van der Waals surface area contributed by atoms with E-state index in [0.717, 1.165) is 0 Å². The average molecular weight is 975 g/mol. The highest BCUT2D eigenvalue weighted by molar-refractivity contribution is 8.02. The van der Waals surface area contributed by atoms with Gasteiger partial charge in [0, 0.05) is 57.4 Å². The minimum absolute atomic E-state index is 0.00843. The normalized spacial score (nSPS) is 18.8. The molecule has 15 heteroatoms. The molecule has 0 aliphatic carbocycles. The molecular formula is C50H90N2O10S3. The minimum atomic E-state index is -0.908. The number of carbonyl (C=O) groups excluding carboxylic acids is 6. The van der Waals surface area contributed by atoms with Gasteiger partial charge in [-0.2, -0.15) is 0 Å². The van der Waals surface area contributed by atoms with Crippen molar-refractivity contribution in [3.05, 3.63) is 0 Å². The van der Waals surface area contributed by atoms with Crippen LogP contribution in [-0.2, 0) is 38.4 Å². The summed E-state index contributed by atoms with van der Waals surface area (Å²) >= 11 is 4.38. The Labute approximate surface area is 406 Å². The Morgan fingerprint density at radius 2 is 0.923 bits per heavy atom. The van der Waals surface area contributed by atoms with Crippen molar-refractivity contribution < 1.29 is 48.6 Å². The number of amides is 4. The van der Waals surface area contributed by atoms with Crippen LogP contribution in [0.1, 0.15) is 205 Å². The molecule has 378 valence electrons. The number of rotatable bonds is 11. The lowest BCUT2D eigenvalue weighted by molar-refractivity contribution is -0.146. The fourth-order valence-electron chi connectivity index (χ4n) is 6.76. The van der Waals surface area contributed by atoms with Gasteiger partial charge in [0.15, 0.2) is 0 Å². The van der Waals surface area contributed by atoms with Gasteiger partial charge in [-0.1, -0.05) is 125 Å². The molecule has 2 rings (SSSR count). The molecule has 0 radical (unpaired) electrons. The number of aliphatic carboxylic acids is 2. The van der Waals surface area contributed by atoms with Crippen LogP contribution >= 0.6 is 35.3 Å². The summed E-state index contributed by atoms with van der Waals surface area (Å²) in [6.07, 6.45) is 1.60. The Morgan fingerprint density at radius 3 is 1.20 bits per heavy atom. The highest BCUT2D eigenvalue weighted by Crippen LogP contribution is 2.39. The van der Waals surface area contributed by atoms with Gasteiger partial charge in [-0.3, -0.25) is 48.2 Å². The fraction of sp³-hybridized carbons (Fsp3) is 0.840. The van der Waals surface area contributed by atoms with Crippen molar-refractivity contribution in [1.29, 1.82) is 0 Å². The molecule has 2 aliphatic heterocycles. The van der Waals surface area contributed by atoms with Crippen LogP contribution < -0.4 is 0 Å². The summed E-state index contributed by atoms with van der Waals surface area (Å²) < 4.78 is -0.243. The number of carboxylic acid groups (broad SMARTS) is 2. The molecule has 0 bridgehead atoms. The molecule has 2 saturated heterocycles. The van der Waals surface area contributed by atoms with Gasteiger partial charge >= 0.3 is 11.9 Å². The topological polar surface area (TPSA) is 184 Å². The molecular weight excluding hydrogens is 885 g/mol. The van der Waals surface area contributed by atoms with Gasteiger partial charge < -0.3 is 10.2 Å². The van der Waals surface area contributed by atoms with E-state index in [1.165, 1.54) is 33.3 Å². The quantitative estimate of drug-likeness (QED) is 0.187. The van der Waals surface area contributed by atoms with Gasteiger partial charge in [-0.15, -0.1) is 35.3 Å². The molecule has 0 aromatic carbocycles. The zero-order chi connectivity index (χ0) is 52.4. The van der Waals surface area contributed by atoms with Crippen LogP contribution in [0.5, 0.6) is 0 Å². The van der Waals surface area contributed by atoms with Crippen molar-refractivity contribution in [2.45, 2.75) is 246 Å². The summed E-state index contributed by atoms with van der Waals surface area (Å²) in [7, 11) is 0. The van der Waals surface area contributed by atoms with Crippen LogP contribution in [0.2, 0.25) is 0 Å². The van der Waals surface area contributed by atoms with E-state index in [1.807, 2.05) is 145 Å². The number of carboxylic acids is 2. The monoisotopic (exact) mass is 975 g/mol. The Balaban J connectivity index is 0. The number of Topliss-reactive ketones (excluding diaryl/α,β-unsaturated/α-hetero) is 2. The third kappa shape index (κ3) is 27.9. The number of nitrogens with zero attached hydrogens (tertiary/aromatic N) is 2. The molecule has 0 aromatic rings. The number of carbonyl (C=O) groups is 8. The van der Waals surface area contributed by atoms with E-state index in [4.69, 9.17) is 10.2 Å². The predicted molar refractivity (Wildman–Crippen MR) is 271 cm³/mol. The van der Waals surface area contributed by atoms with E-state index in [0.29, 0.717) is 25.7 Å². The summed E-state index contributed by atoms with van der Waals surface area (Å²) in [5, 5.41) is 16.7. The molecule has 4 atom stereocenters. The summed E-state index contributed by atoms with van der Waals surface area (Å²) in [6.45, 7) is 47.4. The first-order valence-corrected chi connectivity index (χ1v) is 25.3. The SMILES string of the molecule is CC(C)(C)C1CC(=O)N(C(C)(C)C)C1=O.CC(C)(C)CC(=O)C(CC(=O)O)SC(C)(C)C.CC(C)(C)CC(=O)CC(SC(C)(C)C)C(=O)O.CC(C)(C)SC1CC(=O)N(C(C)(C)C)C1=O. The highest BCUT2D eigenvalue weighted by atomic mass is 32.2. The molecule has 4 amide bonds. The van der Waals surface area contributed by atoms with Gasteiger partial charge in [0.25, 0.3) is 0 Å². The van der Waals surface area contributed by atoms with Crippen molar-refractivity contribution in [1.82, 2.24) is 9.80 Å². The number of ketones is 2. The first kappa shape index (κ1) is 64.7. The van der Waals surface area contributed by atoms with E-state index in [1.54, 1.807) is 11.8 Å². The molecule has 2 N–H and O–H groups in total. The lowest BCUT2D eigenvalue weighted by Crippen LogP contribution is -2.46. The van der Waals surface area contributed by atoms with Crippen LogP contribution in [-0.4, -0.2) is 108 Å². The first-order chi connectivity index (χ1) is 28.4. The standard InChI is InChI=1S/2C13H24O3S.C12H21NO2S.C12H21NO2/c1-12(2,3)8-9(14)10(7-11(15)16)17-13(4,5)6;1-12(2,3)8-9(14)7-10(11(15)16)17-13(4,5)6;1-11(2,3)13-9(14)7-8(10(13)15)16-12(4,5)6;1-11(2,3)8-7-9(14)13(10(8)15)12(4,5)6/h2*10H,7-8H2,1-6H3,(H,15,16);8H,7H2,1-6H3;8H,7H2,1-6H3. The number of imide groups is 2. The zero-order valence-electron chi connectivity index (χ0n) is 44.8. The van der Waals surface area contributed by atoms with Gasteiger partial charge in [0.05, 0.1) is 22.8 Å². The largest absolute Gasteiger partial charge is 0.481 e. The zero-order valence-corrected chi connectivity index (χ0v) is 47.3. The van der Waals surface area contributed by atoms with E-state index < -0.39 is 33.5 Å². The second-order valence-electron chi connectivity index (χ2n) is 25.6. The van der Waals surface area contributed by atoms with Crippen molar-refractivity contribution in [3.63, 3.8) is 0 Å². The maximum absolute atomic E-state index is 12.1. The van der Waals surface area contributed by atoms with Gasteiger partial charge in [-0.05, 0) is 57.8 Å². The van der Waals surface area contributed by atoms with Crippen LogP contribution in [0.3, 0.4) is 0 Å². The smallest absolute Gasteiger partial charge is 0.317 e. The lowest BCUT2D eigenvalue weighted by Gasteiger charge is -2.32.